The molecule has 2 rings (SSSR count). The first kappa shape index (κ1) is 10.4. The van der Waals surface area contributed by atoms with Crippen LogP contribution in [0.25, 0.3) is 6.08 Å². The van der Waals surface area contributed by atoms with Crippen molar-refractivity contribution in [1.82, 2.24) is 0 Å². The van der Waals surface area contributed by atoms with Crippen LogP contribution in [-0.4, -0.2) is 6.66 Å². The van der Waals surface area contributed by atoms with Crippen molar-refractivity contribution < 1.29 is 18.4 Å². The third kappa shape index (κ3) is 1.95. The summed E-state index contributed by atoms with van der Waals surface area (Å²) in [5.41, 5.74) is 4.71. The molecule has 1 aromatic carbocycles. The van der Waals surface area contributed by atoms with E-state index in [-0.39, 0.29) is 25.1 Å². The van der Waals surface area contributed by atoms with Gasteiger partial charge in [0.2, 0.25) is 0 Å². The SMILES string of the molecule is CC1=Cc2ccccc2[CH]1[Ti][SiH](C)C. The predicted molar refractivity (Wildman–Crippen MR) is 61.7 cm³/mol. The summed E-state index contributed by atoms with van der Waals surface area (Å²) in [7, 11) is 0. The Balaban J connectivity index is 2.32. The average molecular weight is 236 g/mol. The molecule has 1 aromatic rings. The normalized spacial score (nSPS) is 19.4. The fourth-order valence-corrected chi connectivity index (χ4v) is 8.88. The van der Waals surface area contributed by atoms with Gasteiger partial charge in [0.1, 0.15) is 0 Å². The average Bonchev–Trinajstić information content (AvgIpc) is 2.43. The van der Waals surface area contributed by atoms with Crippen LogP contribution in [0, 0.1) is 0 Å². The topological polar surface area (TPSA) is 0 Å². The summed E-state index contributed by atoms with van der Waals surface area (Å²) in [5, 5.41) is 0. The Morgan fingerprint density at radius 2 is 1.93 bits per heavy atom. The molecule has 72 valence electrons. The van der Waals surface area contributed by atoms with Gasteiger partial charge in [-0.25, -0.2) is 0 Å². The van der Waals surface area contributed by atoms with Crippen molar-refractivity contribution in [3.8, 4) is 0 Å². The third-order valence-electron chi connectivity index (χ3n) is 2.65. The molecule has 0 fully saturated rings. The zero-order valence-corrected chi connectivity index (χ0v) is 11.8. The molecule has 0 nitrogen and oxygen atoms in total. The molecule has 0 bridgehead atoms. The van der Waals surface area contributed by atoms with Crippen molar-refractivity contribution in [2.75, 3.05) is 0 Å². The van der Waals surface area contributed by atoms with Crippen LogP contribution < -0.4 is 0 Å². The van der Waals surface area contributed by atoms with E-state index in [1.165, 1.54) is 5.56 Å². The number of fused-ring (bicyclic) bond motifs is 1. The van der Waals surface area contributed by atoms with Crippen LogP contribution in [0.15, 0.2) is 29.8 Å². The Kier molecular flexibility index (Phi) is 3.11. The molecule has 0 spiro atoms. The van der Waals surface area contributed by atoms with Gasteiger partial charge in [-0.2, -0.15) is 0 Å². The summed E-state index contributed by atoms with van der Waals surface area (Å²) in [5.74, 6) is 0. The zero-order chi connectivity index (χ0) is 10.1. The monoisotopic (exact) mass is 236 g/mol. The van der Waals surface area contributed by atoms with E-state index in [1.807, 2.05) is 0 Å². The van der Waals surface area contributed by atoms with Crippen LogP contribution in [-0.2, 0) is 18.4 Å². The molecule has 0 aliphatic heterocycles. The molecule has 1 unspecified atom stereocenters. The minimum atomic E-state index is -0.337. The summed E-state index contributed by atoms with van der Waals surface area (Å²) in [6.07, 6.45) is 2.39. The van der Waals surface area contributed by atoms with E-state index in [4.69, 9.17) is 0 Å². The molecule has 0 radical (unpaired) electrons. The summed E-state index contributed by atoms with van der Waals surface area (Å²) >= 11 is 0.265. The van der Waals surface area contributed by atoms with Crippen LogP contribution in [0.5, 0.6) is 0 Å². The molecule has 14 heavy (non-hydrogen) atoms. The van der Waals surface area contributed by atoms with Gasteiger partial charge in [0, 0.05) is 0 Å². The minimum absolute atomic E-state index is 0.265. The number of benzene rings is 1. The van der Waals surface area contributed by atoms with Gasteiger partial charge < -0.3 is 0 Å². The molecule has 0 N–H and O–H groups in total. The number of allylic oxidation sites excluding steroid dienone is 1. The van der Waals surface area contributed by atoms with Crippen LogP contribution in [0.2, 0.25) is 13.1 Å². The van der Waals surface area contributed by atoms with Crippen LogP contribution in [0.3, 0.4) is 0 Å². The number of hydrogen-bond acceptors (Lipinski definition) is 0. The Morgan fingerprint density at radius 3 is 2.64 bits per heavy atom. The van der Waals surface area contributed by atoms with Gasteiger partial charge in [-0.05, 0) is 0 Å². The molecular weight excluding hydrogens is 220 g/mol. The fraction of sp³-hybridized carbons (Fsp3) is 0.333. The van der Waals surface area contributed by atoms with Gasteiger partial charge in [-0.3, -0.25) is 0 Å². The molecule has 0 saturated heterocycles. The second kappa shape index (κ2) is 4.18. The molecule has 1 aliphatic carbocycles. The summed E-state index contributed by atoms with van der Waals surface area (Å²) in [6.45, 7) is 6.96. The predicted octanol–water partition coefficient (Wildman–Crippen LogP) is 3.21. The van der Waals surface area contributed by atoms with E-state index in [0.717, 1.165) is 4.22 Å². The van der Waals surface area contributed by atoms with Crippen molar-refractivity contribution in [2.24, 2.45) is 0 Å². The van der Waals surface area contributed by atoms with Crippen molar-refractivity contribution in [2.45, 2.75) is 24.2 Å². The first-order valence-corrected chi connectivity index (χ1v) is 11.7. The van der Waals surface area contributed by atoms with Gasteiger partial charge in [0.05, 0.1) is 0 Å². The van der Waals surface area contributed by atoms with Crippen molar-refractivity contribution in [3.05, 3.63) is 41.0 Å². The van der Waals surface area contributed by atoms with Crippen LogP contribution >= 0.6 is 0 Å². The van der Waals surface area contributed by atoms with E-state index in [2.05, 4.69) is 50.4 Å². The maximum atomic E-state index is 2.49. The number of rotatable bonds is 2. The second-order valence-electron chi connectivity index (χ2n) is 4.27. The number of hydrogen-bond donors (Lipinski definition) is 0. The van der Waals surface area contributed by atoms with E-state index < -0.39 is 0 Å². The summed E-state index contributed by atoms with van der Waals surface area (Å²) in [6, 6.07) is 8.92. The van der Waals surface area contributed by atoms with Crippen molar-refractivity contribution >= 4 is 12.7 Å². The first-order valence-electron chi connectivity index (χ1n) is 5.21. The molecule has 0 aromatic heterocycles. The van der Waals surface area contributed by atoms with Crippen molar-refractivity contribution in [1.29, 1.82) is 0 Å². The molecule has 2 heteroatoms. The Bertz CT molecular complexity index is 368. The van der Waals surface area contributed by atoms with E-state index in [0.29, 0.717) is 0 Å². The summed E-state index contributed by atoms with van der Waals surface area (Å²) in [4.78, 5) is 0. The summed E-state index contributed by atoms with van der Waals surface area (Å²) < 4.78 is 0.859. The molecule has 1 aliphatic rings. The fourth-order valence-electron chi connectivity index (χ4n) is 2.03. The van der Waals surface area contributed by atoms with Crippen LogP contribution in [0.4, 0.5) is 0 Å². The van der Waals surface area contributed by atoms with Gasteiger partial charge in [-0.15, -0.1) is 0 Å². The first-order chi connectivity index (χ1) is 6.68. The Hall–Kier alpha value is -0.109. The Morgan fingerprint density at radius 1 is 1.21 bits per heavy atom. The molecule has 0 saturated carbocycles. The maximum absolute atomic E-state index is 2.49. The second-order valence-corrected chi connectivity index (χ2v) is 14.8. The van der Waals surface area contributed by atoms with Gasteiger partial charge in [0.15, 0.2) is 0 Å². The zero-order valence-electron chi connectivity index (χ0n) is 9.04. The molecule has 0 heterocycles. The van der Waals surface area contributed by atoms with Gasteiger partial charge >= 0.3 is 96.4 Å². The molecule has 0 amide bonds. The van der Waals surface area contributed by atoms with Crippen LogP contribution in [0.1, 0.15) is 22.3 Å². The van der Waals surface area contributed by atoms with Crippen molar-refractivity contribution in [3.63, 3.8) is 0 Å². The van der Waals surface area contributed by atoms with E-state index >= 15 is 0 Å². The quantitative estimate of drug-likeness (QED) is 0.692. The molecule has 1 atom stereocenters. The standard InChI is InChI=1S/C10H9.C2H7Si.Ti/c1-8-6-9-4-2-3-5-10(9)7-8;1-3-2;/h2-7H,1H3;3H,1-2H3;. The third-order valence-corrected chi connectivity index (χ3v) is 9.53. The van der Waals surface area contributed by atoms with E-state index in [9.17, 15) is 0 Å². The van der Waals surface area contributed by atoms with E-state index in [1.54, 1.807) is 11.1 Å². The Labute approximate surface area is 96.1 Å². The molecular formula is C12H16SiTi. The van der Waals surface area contributed by atoms with Gasteiger partial charge in [-0.1, -0.05) is 0 Å². The van der Waals surface area contributed by atoms with Gasteiger partial charge in [0.25, 0.3) is 0 Å².